The van der Waals surface area contributed by atoms with Crippen LogP contribution in [-0.2, 0) is 14.8 Å². The van der Waals surface area contributed by atoms with Crippen molar-refractivity contribution in [1.82, 2.24) is 0 Å². The summed E-state index contributed by atoms with van der Waals surface area (Å²) in [6, 6.07) is 11.7. The van der Waals surface area contributed by atoms with Gasteiger partial charge in [-0.25, -0.2) is 8.42 Å². The number of hydrogen-bond donors (Lipinski definition) is 1. The van der Waals surface area contributed by atoms with Crippen LogP contribution in [0.3, 0.4) is 0 Å². The molecular formula is C16H14BrClN2O4S. The second-order valence-electron chi connectivity index (χ2n) is 5.48. The van der Waals surface area contributed by atoms with E-state index in [1.54, 1.807) is 30.3 Å². The molecule has 1 N–H and O–H groups in total. The Balaban J connectivity index is 1.90. The summed E-state index contributed by atoms with van der Waals surface area (Å²) < 4.78 is 31.8. The molecule has 0 fully saturated rings. The Morgan fingerprint density at radius 3 is 2.72 bits per heavy atom. The van der Waals surface area contributed by atoms with E-state index in [9.17, 15) is 13.2 Å². The number of rotatable bonds is 3. The van der Waals surface area contributed by atoms with E-state index in [2.05, 4.69) is 21.2 Å². The van der Waals surface area contributed by atoms with E-state index in [0.717, 1.165) is 10.6 Å². The van der Waals surface area contributed by atoms with Crippen molar-refractivity contribution in [3.05, 3.63) is 52.0 Å². The minimum atomic E-state index is -3.60. The summed E-state index contributed by atoms with van der Waals surface area (Å²) in [5.74, 6) is -0.158. The van der Waals surface area contributed by atoms with E-state index in [1.165, 1.54) is 6.07 Å². The Hall–Kier alpha value is -1.77. The fraction of sp³-hybridized carbons (Fsp3) is 0.188. The lowest BCUT2D eigenvalue weighted by Crippen LogP contribution is -2.48. The van der Waals surface area contributed by atoms with Gasteiger partial charge in [-0.15, -0.1) is 0 Å². The van der Waals surface area contributed by atoms with Crippen LogP contribution in [0.4, 0.5) is 11.4 Å². The Bertz CT molecular complexity index is 935. The number of benzene rings is 2. The SMILES string of the molecule is CS(=O)(=O)N1C[C@@H](C(=O)Nc2ccccc2Br)Oc2ccc(Cl)cc21. The fourth-order valence-corrected chi connectivity index (χ4v) is 3.91. The molecule has 2 aromatic rings. The Labute approximate surface area is 158 Å². The summed E-state index contributed by atoms with van der Waals surface area (Å²) in [5, 5.41) is 3.12. The Morgan fingerprint density at radius 2 is 2.04 bits per heavy atom. The van der Waals surface area contributed by atoms with Gasteiger partial charge in [0.05, 0.1) is 24.2 Å². The van der Waals surface area contributed by atoms with Gasteiger partial charge in [0.15, 0.2) is 6.10 Å². The number of hydrogen-bond acceptors (Lipinski definition) is 4. The smallest absolute Gasteiger partial charge is 0.267 e. The highest BCUT2D eigenvalue weighted by Crippen LogP contribution is 2.37. The van der Waals surface area contributed by atoms with Gasteiger partial charge in [-0.05, 0) is 46.3 Å². The minimum absolute atomic E-state index is 0.136. The molecule has 2 aromatic carbocycles. The van der Waals surface area contributed by atoms with Crippen LogP contribution in [0, 0.1) is 0 Å². The number of nitrogens with zero attached hydrogens (tertiary/aromatic N) is 1. The standard InChI is InChI=1S/C16H14BrClN2O4S/c1-25(22,23)20-9-15(24-14-7-6-10(18)8-13(14)20)16(21)19-12-5-3-2-4-11(12)17/h2-8,15H,9H2,1H3,(H,19,21)/t15-/m0/s1. The third-order valence-corrected chi connectivity index (χ3v) is 5.69. The van der Waals surface area contributed by atoms with Crippen molar-refractivity contribution in [3.63, 3.8) is 0 Å². The highest BCUT2D eigenvalue weighted by atomic mass is 79.9. The number of nitrogens with one attached hydrogen (secondary N) is 1. The van der Waals surface area contributed by atoms with Crippen LogP contribution >= 0.6 is 27.5 Å². The van der Waals surface area contributed by atoms with Crippen molar-refractivity contribution < 1.29 is 17.9 Å². The molecular weight excluding hydrogens is 432 g/mol. The molecule has 1 atom stereocenters. The van der Waals surface area contributed by atoms with Gasteiger partial charge in [0.1, 0.15) is 5.75 Å². The molecule has 6 nitrogen and oxygen atoms in total. The molecule has 3 rings (SSSR count). The molecule has 1 aliphatic rings. The quantitative estimate of drug-likeness (QED) is 0.787. The molecule has 1 heterocycles. The predicted molar refractivity (Wildman–Crippen MR) is 101 cm³/mol. The maximum atomic E-state index is 12.6. The molecule has 9 heteroatoms. The van der Waals surface area contributed by atoms with Crippen LogP contribution in [0.1, 0.15) is 0 Å². The second kappa shape index (κ2) is 6.86. The predicted octanol–water partition coefficient (Wildman–Crippen LogP) is 3.27. The third-order valence-electron chi connectivity index (χ3n) is 3.62. The summed E-state index contributed by atoms with van der Waals surface area (Å²) in [6.45, 7) is -0.136. The molecule has 132 valence electrons. The number of ether oxygens (including phenoxy) is 1. The van der Waals surface area contributed by atoms with Gasteiger partial charge in [-0.2, -0.15) is 0 Å². The van der Waals surface area contributed by atoms with E-state index in [1.807, 2.05) is 6.07 Å². The van der Waals surface area contributed by atoms with Crippen molar-refractivity contribution in [2.75, 3.05) is 22.4 Å². The zero-order valence-corrected chi connectivity index (χ0v) is 16.2. The summed E-state index contributed by atoms with van der Waals surface area (Å²) in [4.78, 5) is 12.6. The maximum absolute atomic E-state index is 12.6. The maximum Gasteiger partial charge on any atom is 0.267 e. The monoisotopic (exact) mass is 444 g/mol. The average Bonchev–Trinajstić information content (AvgIpc) is 2.55. The van der Waals surface area contributed by atoms with Gasteiger partial charge < -0.3 is 10.1 Å². The average molecular weight is 446 g/mol. The number of sulfonamides is 1. The van der Waals surface area contributed by atoms with Gasteiger partial charge in [-0.1, -0.05) is 23.7 Å². The molecule has 0 saturated carbocycles. The van der Waals surface area contributed by atoms with Crippen LogP contribution in [0.2, 0.25) is 5.02 Å². The molecule has 0 saturated heterocycles. The van der Waals surface area contributed by atoms with E-state index >= 15 is 0 Å². The first kappa shape index (κ1) is 18.0. The van der Waals surface area contributed by atoms with Crippen LogP contribution in [0.25, 0.3) is 0 Å². The Morgan fingerprint density at radius 1 is 1.32 bits per heavy atom. The highest BCUT2D eigenvalue weighted by molar-refractivity contribution is 9.10. The topological polar surface area (TPSA) is 75.7 Å². The lowest BCUT2D eigenvalue weighted by atomic mass is 10.2. The zero-order chi connectivity index (χ0) is 18.2. The molecule has 0 radical (unpaired) electrons. The molecule has 1 amide bonds. The zero-order valence-electron chi connectivity index (χ0n) is 13.1. The fourth-order valence-electron chi connectivity index (χ4n) is 2.45. The molecule has 0 spiro atoms. The summed E-state index contributed by atoms with van der Waals surface area (Å²) in [7, 11) is -3.60. The molecule has 0 unspecified atom stereocenters. The lowest BCUT2D eigenvalue weighted by molar-refractivity contribution is -0.122. The van der Waals surface area contributed by atoms with Crippen molar-refractivity contribution >= 4 is 54.8 Å². The van der Waals surface area contributed by atoms with Gasteiger partial charge in [-0.3, -0.25) is 9.10 Å². The number of amides is 1. The lowest BCUT2D eigenvalue weighted by Gasteiger charge is -2.34. The van der Waals surface area contributed by atoms with Crippen molar-refractivity contribution in [3.8, 4) is 5.75 Å². The van der Waals surface area contributed by atoms with Crippen molar-refractivity contribution in [1.29, 1.82) is 0 Å². The number of carbonyl (C=O) groups is 1. The van der Waals surface area contributed by atoms with Crippen LogP contribution in [0.15, 0.2) is 46.9 Å². The van der Waals surface area contributed by atoms with Crippen LogP contribution in [0.5, 0.6) is 5.75 Å². The van der Waals surface area contributed by atoms with E-state index < -0.39 is 22.0 Å². The number of carbonyl (C=O) groups excluding carboxylic acids is 1. The number of para-hydroxylation sites is 1. The number of anilines is 2. The number of fused-ring (bicyclic) bond motifs is 1. The van der Waals surface area contributed by atoms with Crippen molar-refractivity contribution in [2.24, 2.45) is 0 Å². The molecule has 1 aliphatic heterocycles. The van der Waals surface area contributed by atoms with E-state index in [-0.39, 0.29) is 12.3 Å². The van der Waals surface area contributed by atoms with Gasteiger partial charge in [0.2, 0.25) is 10.0 Å². The second-order valence-corrected chi connectivity index (χ2v) is 8.68. The Kier molecular flexibility index (Phi) is 4.95. The largest absolute Gasteiger partial charge is 0.476 e. The van der Waals surface area contributed by atoms with Crippen molar-refractivity contribution in [2.45, 2.75) is 6.10 Å². The first-order valence-electron chi connectivity index (χ1n) is 7.25. The molecule has 0 aromatic heterocycles. The molecule has 25 heavy (non-hydrogen) atoms. The van der Waals surface area contributed by atoms with Crippen LogP contribution in [-0.4, -0.2) is 33.2 Å². The summed E-state index contributed by atoms with van der Waals surface area (Å²) in [5.41, 5.74) is 0.892. The highest BCUT2D eigenvalue weighted by Gasteiger charge is 2.35. The summed E-state index contributed by atoms with van der Waals surface area (Å²) >= 11 is 9.30. The van der Waals surface area contributed by atoms with E-state index in [4.69, 9.17) is 16.3 Å². The summed E-state index contributed by atoms with van der Waals surface area (Å²) in [6.07, 6.45) is 0.0849. The number of halogens is 2. The molecule has 0 aliphatic carbocycles. The van der Waals surface area contributed by atoms with Gasteiger partial charge in [0.25, 0.3) is 5.91 Å². The van der Waals surface area contributed by atoms with Gasteiger partial charge in [0, 0.05) is 9.50 Å². The third kappa shape index (κ3) is 3.91. The molecule has 0 bridgehead atoms. The first-order valence-corrected chi connectivity index (χ1v) is 10.3. The van der Waals surface area contributed by atoms with Gasteiger partial charge >= 0.3 is 0 Å². The first-order chi connectivity index (χ1) is 11.8. The van der Waals surface area contributed by atoms with Crippen LogP contribution < -0.4 is 14.4 Å². The minimum Gasteiger partial charge on any atom is -0.476 e. The van der Waals surface area contributed by atoms with E-state index in [0.29, 0.717) is 20.9 Å². The normalized spacial score (nSPS) is 16.8.